The third-order valence-electron chi connectivity index (χ3n) is 3.18. The molecule has 0 fully saturated rings. The fourth-order valence-corrected chi connectivity index (χ4v) is 2.17. The Bertz CT molecular complexity index is 866. The molecule has 7 nitrogen and oxygen atoms in total. The van der Waals surface area contributed by atoms with Gasteiger partial charge in [-0.1, -0.05) is 12.1 Å². The van der Waals surface area contributed by atoms with Crippen LogP contribution < -0.4 is 16.7 Å². The molecule has 0 bridgehead atoms. The molecule has 3 N–H and O–H groups in total. The van der Waals surface area contributed by atoms with Crippen LogP contribution in [0.1, 0.15) is 16.1 Å². The zero-order valence-electron chi connectivity index (χ0n) is 10.9. The van der Waals surface area contributed by atoms with Gasteiger partial charge in [0, 0.05) is 5.39 Å². The predicted molar refractivity (Wildman–Crippen MR) is 75.5 cm³/mol. The SMILES string of the molecule is NNC(=O)c1ccoc1Cn1ncc(=O)c2ccccc21. The van der Waals surface area contributed by atoms with Crippen molar-refractivity contribution in [2.24, 2.45) is 5.84 Å². The molecule has 3 aromatic rings. The summed E-state index contributed by atoms with van der Waals surface area (Å²) in [5.41, 5.74) is 2.91. The monoisotopic (exact) mass is 284 g/mol. The van der Waals surface area contributed by atoms with E-state index in [0.29, 0.717) is 22.2 Å². The topological polar surface area (TPSA) is 103 Å². The van der Waals surface area contributed by atoms with Gasteiger partial charge < -0.3 is 4.42 Å². The van der Waals surface area contributed by atoms with Crippen LogP contribution in [0, 0.1) is 0 Å². The van der Waals surface area contributed by atoms with Gasteiger partial charge in [0.25, 0.3) is 5.91 Å². The third kappa shape index (κ3) is 2.30. The molecule has 0 saturated carbocycles. The molecule has 0 atom stereocenters. The Hall–Kier alpha value is -2.93. The summed E-state index contributed by atoms with van der Waals surface area (Å²) in [5, 5.41) is 4.65. The van der Waals surface area contributed by atoms with Crippen LogP contribution in [0.3, 0.4) is 0 Å². The summed E-state index contributed by atoms with van der Waals surface area (Å²) in [4.78, 5) is 23.4. The Morgan fingerprint density at radius 2 is 2.14 bits per heavy atom. The minimum Gasteiger partial charge on any atom is -0.467 e. The summed E-state index contributed by atoms with van der Waals surface area (Å²) in [5.74, 6) is 5.11. The molecule has 2 heterocycles. The molecule has 0 saturated heterocycles. The van der Waals surface area contributed by atoms with Gasteiger partial charge in [0.15, 0.2) is 0 Å². The first kappa shape index (κ1) is 13.1. The van der Waals surface area contributed by atoms with Crippen LogP contribution in [0.4, 0.5) is 0 Å². The molecule has 2 aromatic heterocycles. The highest BCUT2D eigenvalue weighted by atomic mass is 16.3. The molecule has 0 aliphatic carbocycles. The fraction of sp³-hybridized carbons (Fsp3) is 0.0714. The van der Waals surface area contributed by atoms with Gasteiger partial charge in [-0.3, -0.25) is 19.7 Å². The number of rotatable bonds is 3. The van der Waals surface area contributed by atoms with Crippen LogP contribution in [0.2, 0.25) is 0 Å². The number of benzene rings is 1. The molecule has 3 rings (SSSR count). The van der Waals surface area contributed by atoms with E-state index in [4.69, 9.17) is 10.3 Å². The molecular formula is C14H12N4O3. The number of carbonyl (C=O) groups excluding carboxylic acids is 1. The summed E-state index contributed by atoms with van der Waals surface area (Å²) in [6.45, 7) is 0.219. The summed E-state index contributed by atoms with van der Waals surface area (Å²) >= 11 is 0. The minimum atomic E-state index is -0.441. The Labute approximate surface area is 118 Å². The highest BCUT2D eigenvalue weighted by molar-refractivity contribution is 5.94. The maximum atomic E-state index is 11.8. The number of hydrazine groups is 1. The van der Waals surface area contributed by atoms with Crippen molar-refractivity contribution in [1.29, 1.82) is 0 Å². The average Bonchev–Trinajstić information content (AvgIpc) is 2.98. The number of amides is 1. The second-order valence-corrected chi connectivity index (χ2v) is 4.41. The molecule has 0 aliphatic rings. The van der Waals surface area contributed by atoms with E-state index in [1.54, 1.807) is 22.9 Å². The van der Waals surface area contributed by atoms with Crippen molar-refractivity contribution in [1.82, 2.24) is 15.2 Å². The van der Waals surface area contributed by atoms with E-state index in [1.165, 1.54) is 18.5 Å². The molecule has 1 amide bonds. The lowest BCUT2D eigenvalue weighted by Crippen LogP contribution is -2.30. The van der Waals surface area contributed by atoms with Crippen molar-refractivity contribution in [3.63, 3.8) is 0 Å². The van der Waals surface area contributed by atoms with Gasteiger partial charge in [-0.2, -0.15) is 5.10 Å². The third-order valence-corrected chi connectivity index (χ3v) is 3.18. The number of nitrogens with two attached hydrogens (primary N) is 1. The Morgan fingerprint density at radius 3 is 2.95 bits per heavy atom. The molecule has 0 radical (unpaired) electrons. The number of hydrogen-bond donors (Lipinski definition) is 2. The zero-order chi connectivity index (χ0) is 14.8. The van der Waals surface area contributed by atoms with Crippen molar-refractivity contribution >= 4 is 16.8 Å². The lowest BCUT2D eigenvalue weighted by atomic mass is 10.2. The number of fused-ring (bicyclic) bond motifs is 1. The number of nitrogens with zero attached hydrogens (tertiary/aromatic N) is 2. The highest BCUT2D eigenvalue weighted by Crippen LogP contribution is 2.15. The smallest absolute Gasteiger partial charge is 0.268 e. The van der Waals surface area contributed by atoms with E-state index in [-0.39, 0.29) is 12.0 Å². The van der Waals surface area contributed by atoms with Crippen molar-refractivity contribution < 1.29 is 9.21 Å². The Balaban J connectivity index is 2.08. The first-order valence-electron chi connectivity index (χ1n) is 6.23. The lowest BCUT2D eigenvalue weighted by molar-refractivity contribution is 0.0951. The van der Waals surface area contributed by atoms with Gasteiger partial charge >= 0.3 is 0 Å². The highest BCUT2D eigenvalue weighted by Gasteiger charge is 2.15. The fourth-order valence-electron chi connectivity index (χ4n) is 2.17. The quantitative estimate of drug-likeness (QED) is 0.417. The first-order valence-corrected chi connectivity index (χ1v) is 6.23. The average molecular weight is 284 g/mol. The zero-order valence-corrected chi connectivity index (χ0v) is 10.9. The van der Waals surface area contributed by atoms with Crippen molar-refractivity contribution in [3.05, 3.63) is 64.3 Å². The number of aromatic nitrogens is 2. The Morgan fingerprint density at radius 1 is 1.33 bits per heavy atom. The summed E-state index contributed by atoms with van der Waals surface area (Å²) < 4.78 is 6.92. The summed E-state index contributed by atoms with van der Waals surface area (Å²) in [7, 11) is 0. The molecule has 1 aromatic carbocycles. The molecule has 106 valence electrons. The number of para-hydroxylation sites is 1. The molecular weight excluding hydrogens is 272 g/mol. The number of nitrogen functional groups attached to an aromatic ring is 1. The van der Waals surface area contributed by atoms with Crippen LogP contribution in [0.25, 0.3) is 10.9 Å². The normalized spacial score (nSPS) is 10.7. The van der Waals surface area contributed by atoms with E-state index in [1.807, 2.05) is 6.07 Å². The van der Waals surface area contributed by atoms with Crippen LogP contribution in [0.15, 0.2) is 52.0 Å². The molecule has 0 aliphatic heterocycles. The van der Waals surface area contributed by atoms with E-state index in [9.17, 15) is 9.59 Å². The van der Waals surface area contributed by atoms with Gasteiger partial charge in [0.05, 0.1) is 23.5 Å². The number of nitrogens with one attached hydrogen (secondary N) is 1. The number of hydrogen-bond acceptors (Lipinski definition) is 5. The first-order chi connectivity index (χ1) is 10.2. The van der Waals surface area contributed by atoms with Crippen LogP contribution >= 0.6 is 0 Å². The minimum absolute atomic E-state index is 0.152. The van der Waals surface area contributed by atoms with Crippen molar-refractivity contribution in [2.45, 2.75) is 6.54 Å². The van der Waals surface area contributed by atoms with E-state index >= 15 is 0 Å². The largest absolute Gasteiger partial charge is 0.467 e. The second-order valence-electron chi connectivity index (χ2n) is 4.41. The lowest BCUT2D eigenvalue weighted by Gasteiger charge is -2.08. The predicted octanol–water partition coefficient (Wildman–Crippen LogP) is 0.641. The standard InChI is InChI=1S/C14H12N4O3/c15-17-14(20)10-5-6-21-13(10)8-18-11-4-2-1-3-9(11)12(19)7-16-18/h1-7H,8,15H2,(H,17,20). The van der Waals surface area contributed by atoms with Gasteiger partial charge in [-0.25, -0.2) is 5.84 Å². The summed E-state index contributed by atoms with van der Waals surface area (Å²) in [6.07, 6.45) is 2.65. The van der Waals surface area contributed by atoms with Crippen molar-refractivity contribution in [2.75, 3.05) is 0 Å². The van der Waals surface area contributed by atoms with Gasteiger partial charge in [-0.15, -0.1) is 0 Å². The van der Waals surface area contributed by atoms with Gasteiger partial charge in [0.2, 0.25) is 5.43 Å². The maximum Gasteiger partial charge on any atom is 0.268 e. The second kappa shape index (κ2) is 5.22. The number of carbonyl (C=O) groups is 1. The maximum absolute atomic E-state index is 11.8. The summed E-state index contributed by atoms with van der Waals surface area (Å²) in [6, 6.07) is 8.65. The van der Waals surface area contributed by atoms with E-state index in [2.05, 4.69) is 10.5 Å². The molecule has 0 spiro atoms. The number of furan rings is 1. The molecule has 21 heavy (non-hydrogen) atoms. The van der Waals surface area contributed by atoms with Crippen LogP contribution in [-0.4, -0.2) is 15.7 Å². The van der Waals surface area contributed by atoms with Gasteiger partial charge in [-0.05, 0) is 18.2 Å². The van der Waals surface area contributed by atoms with Gasteiger partial charge in [0.1, 0.15) is 12.3 Å². The van der Waals surface area contributed by atoms with Crippen LogP contribution in [-0.2, 0) is 6.54 Å². The van der Waals surface area contributed by atoms with Crippen LogP contribution in [0.5, 0.6) is 0 Å². The van der Waals surface area contributed by atoms with Crippen molar-refractivity contribution in [3.8, 4) is 0 Å². The van der Waals surface area contributed by atoms with E-state index < -0.39 is 5.91 Å². The molecule has 0 unspecified atom stereocenters. The van der Waals surface area contributed by atoms with E-state index in [0.717, 1.165) is 0 Å². The Kier molecular flexibility index (Phi) is 3.25. The molecule has 7 heteroatoms.